The van der Waals surface area contributed by atoms with Crippen molar-refractivity contribution < 1.29 is 4.42 Å². The highest BCUT2D eigenvalue weighted by atomic mass is 16.3. The first-order chi connectivity index (χ1) is 31.0. The average Bonchev–Trinajstić information content (AvgIpc) is 3.84. The Morgan fingerprint density at radius 1 is 0.349 bits per heavy atom. The summed E-state index contributed by atoms with van der Waals surface area (Å²) >= 11 is 0. The van der Waals surface area contributed by atoms with Crippen LogP contribution >= 0.6 is 0 Å². The summed E-state index contributed by atoms with van der Waals surface area (Å²) < 4.78 is 6.90. The smallest absolute Gasteiger partial charge is 0.143 e. The molecule has 0 amide bonds. The molecule has 0 fully saturated rings. The van der Waals surface area contributed by atoms with E-state index in [0.29, 0.717) is 0 Å². The largest absolute Gasteiger partial charge is 0.455 e. The number of nitrogens with zero attached hydrogens (tertiary/aromatic N) is 1. The molecular weight excluding hydrogens is 763 g/mol. The van der Waals surface area contributed by atoms with E-state index in [2.05, 4.69) is 243 Å². The van der Waals surface area contributed by atoms with E-state index in [1.165, 1.54) is 49.9 Å². The fraction of sp³-hybridized carbons (Fsp3) is 0.0492. The van der Waals surface area contributed by atoms with Crippen molar-refractivity contribution in [2.24, 2.45) is 0 Å². The highest BCUT2D eigenvalue weighted by molar-refractivity contribution is 6.23. The molecule has 0 saturated carbocycles. The topological polar surface area (TPSA) is 16.4 Å². The van der Waals surface area contributed by atoms with Crippen molar-refractivity contribution in [3.63, 3.8) is 0 Å². The molecule has 0 bridgehead atoms. The van der Waals surface area contributed by atoms with Crippen LogP contribution in [0.3, 0.4) is 0 Å². The van der Waals surface area contributed by atoms with Crippen molar-refractivity contribution in [1.29, 1.82) is 0 Å². The fourth-order valence-corrected chi connectivity index (χ4v) is 10.2. The molecule has 0 N–H and O–H groups in total. The van der Waals surface area contributed by atoms with Gasteiger partial charge in [-0.25, -0.2) is 0 Å². The second-order valence-corrected chi connectivity index (χ2v) is 17.2. The summed E-state index contributed by atoms with van der Waals surface area (Å²) in [5.74, 6) is 0. The standard InChI is InChI=1S/C61H43NO/c1-61(2)55-28-15-14-26-50(55)51-34-33-47(38-56(51)61)62(45-31-29-41(30-32-45)40-17-6-3-7-18-40)46-24-16-23-44(37-46)48-35-36-57-59(58(48)43-21-10-5-11-22-43)54-39-53(42-19-8-4-9-20-42)49-25-12-13-27-52(49)60(54)63-57/h3-39H,1-2H3. The van der Waals surface area contributed by atoms with E-state index in [0.717, 1.165) is 66.6 Å². The molecule has 10 aromatic carbocycles. The van der Waals surface area contributed by atoms with E-state index in [9.17, 15) is 0 Å². The van der Waals surface area contributed by atoms with Crippen LogP contribution in [-0.2, 0) is 5.41 Å². The zero-order chi connectivity index (χ0) is 42.1. The second-order valence-electron chi connectivity index (χ2n) is 17.2. The first-order valence-corrected chi connectivity index (χ1v) is 21.8. The summed E-state index contributed by atoms with van der Waals surface area (Å²) in [6, 6.07) is 81.5. The Bertz CT molecular complexity index is 3510. The van der Waals surface area contributed by atoms with E-state index in [1.807, 2.05) is 0 Å². The Morgan fingerprint density at radius 3 is 1.68 bits per heavy atom. The van der Waals surface area contributed by atoms with Gasteiger partial charge in [0, 0.05) is 44.2 Å². The molecule has 0 atom stereocenters. The maximum absolute atomic E-state index is 6.90. The highest BCUT2D eigenvalue weighted by Crippen LogP contribution is 2.52. The number of benzene rings is 10. The van der Waals surface area contributed by atoms with Crippen LogP contribution < -0.4 is 4.90 Å². The molecule has 1 aliphatic rings. The van der Waals surface area contributed by atoms with Crippen molar-refractivity contribution in [2.45, 2.75) is 19.3 Å². The summed E-state index contributed by atoms with van der Waals surface area (Å²) in [6.07, 6.45) is 0. The van der Waals surface area contributed by atoms with Crippen molar-refractivity contribution in [1.82, 2.24) is 0 Å². The number of fused-ring (bicyclic) bond motifs is 8. The molecule has 0 radical (unpaired) electrons. The number of hydrogen-bond donors (Lipinski definition) is 0. The van der Waals surface area contributed by atoms with E-state index in [-0.39, 0.29) is 5.41 Å². The third-order valence-corrected chi connectivity index (χ3v) is 13.3. The molecule has 298 valence electrons. The maximum Gasteiger partial charge on any atom is 0.143 e. The average molecular weight is 806 g/mol. The fourth-order valence-electron chi connectivity index (χ4n) is 10.2. The molecular formula is C61H43NO. The second kappa shape index (κ2) is 14.6. The zero-order valence-corrected chi connectivity index (χ0v) is 35.2. The summed E-state index contributed by atoms with van der Waals surface area (Å²) in [4.78, 5) is 2.42. The first-order valence-electron chi connectivity index (χ1n) is 21.8. The molecule has 1 aliphatic carbocycles. The molecule has 1 aromatic heterocycles. The van der Waals surface area contributed by atoms with Gasteiger partial charge in [0.05, 0.1) is 0 Å². The van der Waals surface area contributed by atoms with Crippen LogP contribution in [0.4, 0.5) is 17.1 Å². The van der Waals surface area contributed by atoms with Crippen molar-refractivity contribution in [3.8, 4) is 55.6 Å². The van der Waals surface area contributed by atoms with Crippen LogP contribution in [0, 0.1) is 0 Å². The number of furan rings is 1. The maximum atomic E-state index is 6.90. The summed E-state index contributed by atoms with van der Waals surface area (Å²) in [5.41, 5.74) is 19.7. The summed E-state index contributed by atoms with van der Waals surface area (Å²) in [5, 5.41) is 4.53. The minimum absolute atomic E-state index is 0.133. The zero-order valence-electron chi connectivity index (χ0n) is 35.2. The minimum atomic E-state index is -0.133. The van der Waals surface area contributed by atoms with Gasteiger partial charge in [-0.15, -0.1) is 0 Å². The predicted octanol–water partition coefficient (Wildman–Crippen LogP) is 17.2. The Labute approximate surface area is 368 Å². The third kappa shape index (κ3) is 6.02. The van der Waals surface area contributed by atoms with Gasteiger partial charge in [-0.3, -0.25) is 0 Å². The molecule has 0 saturated heterocycles. The van der Waals surface area contributed by atoms with Gasteiger partial charge < -0.3 is 9.32 Å². The van der Waals surface area contributed by atoms with Crippen LogP contribution in [0.5, 0.6) is 0 Å². The molecule has 2 nitrogen and oxygen atoms in total. The monoisotopic (exact) mass is 805 g/mol. The predicted molar refractivity (Wildman–Crippen MR) is 265 cm³/mol. The van der Waals surface area contributed by atoms with Crippen LogP contribution in [0.15, 0.2) is 229 Å². The first kappa shape index (κ1) is 36.9. The molecule has 0 unspecified atom stereocenters. The van der Waals surface area contributed by atoms with Gasteiger partial charge in [-0.05, 0) is 115 Å². The lowest BCUT2D eigenvalue weighted by Gasteiger charge is -2.28. The van der Waals surface area contributed by atoms with E-state index >= 15 is 0 Å². The molecule has 12 rings (SSSR count). The van der Waals surface area contributed by atoms with Crippen LogP contribution in [0.25, 0.3) is 88.3 Å². The number of rotatable bonds is 7. The van der Waals surface area contributed by atoms with Crippen molar-refractivity contribution in [2.75, 3.05) is 4.90 Å². The SMILES string of the molecule is CC1(C)c2ccccc2-c2ccc(N(c3ccc(-c4ccccc4)cc3)c3cccc(-c4ccc5oc6c7ccccc7c(-c7ccccc7)cc6c5c4-c4ccccc4)c3)cc21. The van der Waals surface area contributed by atoms with Gasteiger partial charge in [0.1, 0.15) is 11.2 Å². The molecule has 0 spiro atoms. The number of hydrogen-bond acceptors (Lipinski definition) is 2. The van der Waals surface area contributed by atoms with Crippen LogP contribution in [-0.4, -0.2) is 0 Å². The summed E-state index contributed by atoms with van der Waals surface area (Å²) in [7, 11) is 0. The lowest BCUT2D eigenvalue weighted by Crippen LogP contribution is -2.16. The normalized spacial score (nSPS) is 12.7. The minimum Gasteiger partial charge on any atom is -0.455 e. The molecule has 0 aliphatic heterocycles. The van der Waals surface area contributed by atoms with Gasteiger partial charge in [-0.1, -0.05) is 190 Å². The Balaban J connectivity index is 1.07. The lowest BCUT2D eigenvalue weighted by atomic mass is 9.82. The Kier molecular flexibility index (Phi) is 8.55. The van der Waals surface area contributed by atoms with Crippen molar-refractivity contribution >= 4 is 49.8 Å². The van der Waals surface area contributed by atoms with Gasteiger partial charge in [0.15, 0.2) is 0 Å². The van der Waals surface area contributed by atoms with E-state index in [4.69, 9.17) is 4.42 Å². The van der Waals surface area contributed by atoms with Gasteiger partial charge in [0.2, 0.25) is 0 Å². The van der Waals surface area contributed by atoms with Gasteiger partial charge in [0.25, 0.3) is 0 Å². The van der Waals surface area contributed by atoms with Gasteiger partial charge >= 0.3 is 0 Å². The van der Waals surface area contributed by atoms with Gasteiger partial charge in [-0.2, -0.15) is 0 Å². The third-order valence-electron chi connectivity index (χ3n) is 13.3. The highest BCUT2D eigenvalue weighted by Gasteiger charge is 2.36. The Morgan fingerprint density at radius 2 is 0.921 bits per heavy atom. The molecule has 2 heteroatoms. The molecule has 11 aromatic rings. The lowest BCUT2D eigenvalue weighted by molar-refractivity contribution is 0.660. The Hall–Kier alpha value is -7.94. The van der Waals surface area contributed by atoms with Crippen LogP contribution in [0.1, 0.15) is 25.0 Å². The number of anilines is 3. The van der Waals surface area contributed by atoms with E-state index in [1.54, 1.807) is 0 Å². The quantitative estimate of drug-likeness (QED) is 0.160. The van der Waals surface area contributed by atoms with E-state index < -0.39 is 0 Å². The summed E-state index contributed by atoms with van der Waals surface area (Å²) in [6.45, 7) is 4.71. The van der Waals surface area contributed by atoms with Crippen molar-refractivity contribution in [3.05, 3.63) is 236 Å². The molecule has 63 heavy (non-hydrogen) atoms. The molecule has 1 heterocycles. The van der Waals surface area contributed by atoms with Crippen LogP contribution in [0.2, 0.25) is 0 Å².